The minimum Gasteiger partial charge on any atom is -0.451 e. The van der Waals surface area contributed by atoms with Gasteiger partial charge < -0.3 is 4.42 Å². The molecule has 3 aromatic rings. The lowest BCUT2D eigenvalue weighted by Crippen LogP contribution is -2.10. The first-order chi connectivity index (χ1) is 9.11. The van der Waals surface area contributed by atoms with Crippen molar-refractivity contribution < 1.29 is 9.21 Å². The number of carbonyl (C=O) groups is 1. The molecule has 2 aromatic heterocycles. The second-order valence-electron chi connectivity index (χ2n) is 3.87. The van der Waals surface area contributed by atoms with E-state index in [-0.39, 0.29) is 11.7 Å². The molecule has 19 heavy (non-hydrogen) atoms. The van der Waals surface area contributed by atoms with E-state index in [0.717, 1.165) is 14.9 Å². The highest BCUT2D eigenvalue weighted by Gasteiger charge is 2.14. The highest BCUT2D eigenvalue weighted by Crippen LogP contribution is 2.24. The molecule has 7 heteroatoms. The Morgan fingerprint density at radius 2 is 2.21 bits per heavy atom. The standard InChI is InChI=1S/C12H8BrN3O2S/c1-6-15-16-12(19-6)14-11(17)10-5-7-4-8(13)2-3-9(7)18-10/h2-5H,1H3,(H,14,16,17). The van der Waals surface area contributed by atoms with Crippen LogP contribution in [0.5, 0.6) is 0 Å². The van der Waals surface area contributed by atoms with Gasteiger partial charge >= 0.3 is 0 Å². The Balaban J connectivity index is 1.89. The normalized spacial score (nSPS) is 10.8. The van der Waals surface area contributed by atoms with Gasteiger partial charge in [0.1, 0.15) is 10.6 Å². The smallest absolute Gasteiger partial charge is 0.293 e. The molecule has 0 aliphatic rings. The molecule has 1 amide bonds. The van der Waals surface area contributed by atoms with Crippen LogP contribution in [-0.2, 0) is 0 Å². The van der Waals surface area contributed by atoms with Crippen molar-refractivity contribution in [1.82, 2.24) is 10.2 Å². The second kappa shape index (κ2) is 4.75. The van der Waals surface area contributed by atoms with E-state index in [4.69, 9.17) is 4.42 Å². The van der Waals surface area contributed by atoms with E-state index in [1.54, 1.807) is 6.07 Å². The van der Waals surface area contributed by atoms with E-state index in [0.29, 0.717) is 10.7 Å². The van der Waals surface area contributed by atoms with E-state index in [1.807, 2.05) is 25.1 Å². The predicted molar refractivity (Wildman–Crippen MR) is 76.5 cm³/mol. The van der Waals surface area contributed by atoms with Crippen molar-refractivity contribution in [2.45, 2.75) is 6.92 Å². The van der Waals surface area contributed by atoms with Gasteiger partial charge in [-0.3, -0.25) is 10.1 Å². The van der Waals surface area contributed by atoms with Gasteiger partial charge in [0.25, 0.3) is 5.91 Å². The summed E-state index contributed by atoms with van der Waals surface area (Å²) in [5.74, 6) is -0.0792. The van der Waals surface area contributed by atoms with Crippen molar-refractivity contribution in [2.24, 2.45) is 0 Å². The highest BCUT2D eigenvalue weighted by atomic mass is 79.9. The maximum atomic E-state index is 12.0. The fourth-order valence-corrected chi connectivity index (χ4v) is 2.60. The number of hydrogen-bond donors (Lipinski definition) is 1. The van der Waals surface area contributed by atoms with Crippen molar-refractivity contribution in [2.75, 3.05) is 5.32 Å². The Kier molecular flexibility index (Phi) is 3.08. The number of halogens is 1. The van der Waals surface area contributed by atoms with Gasteiger partial charge in [-0.05, 0) is 31.2 Å². The average molecular weight is 338 g/mol. The summed E-state index contributed by atoms with van der Waals surface area (Å²) in [6.07, 6.45) is 0. The summed E-state index contributed by atoms with van der Waals surface area (Å²) in [6.45, 7) is 1.83. The molecule has 96 valence electrons. The van der Waals surface area contributed by atoms with Gasteiger partial charge in [-0.2, -0.15) is 0 Å². The maximum absolute atomic E-state index is 12.0. The van der Waals surface area contributed by atoms with E-state index < -0.39 is 0 Å². The first-order valence-electron chi connectivity index (χ1n) is 5.42. The van der Waals surface area contributed by atoms with Crippen LogP contribution in [0.25, 0.3) is 11.0 Å². The summed E-state index contributed by atoms with van der Waals surface area (Å²) in [5, 5.41) is 12.5. The number of hydrogen-bond acceptors (Lipinski definition) is 5. The largest absolute Gasteiger partial charge is 0.451 e. The number of nitrogens with one attached hydrogen (secondary N) is 1. The monoisotopic (exact) mass is 337 g/mol. The van der Waals surface area contributed by atoms with Crippen molar-refractivity contribution in [3.05, 3.63) is 39.5 Å². The van der Waals surface area contributed by atoms with E-state index in [1.165, 1.54) is 11.3 Å². The first-order valence-corrected chi connectivity index (χ1v) is 7.03. The Morgan fingerprint density at radius 3 is 2.95 bits per heavy atom. The third kappa shape index (κ3) is 2.52. The lowest BCUT2D eigenvalue weighted by atomic mass is 10.2. The zero-order valence-electron chi connectivity index (χ0n) is 9.81. The van der Waals surface area contributed by atoms with Crippen LogP contribution in [0.15, 0.2) is 33.2 Å². The van der Waals surface area contributed by atoms with Gasteiger partial charge in [-0.1, -0.05) is 27.3 Å². The van der Waals surface area contributed by atoms with Crippen LogP contribution in [0, 0.1) is 6.92 Å². The molecule has 3 rings (SSSR count). The van der Waals surface area contributed by atoms with Gasteiger partial charge in [-0.15, -0.1) is 10.2 Å². The minimum absolute atomic E-state index is 0.251. The third-order valence-electron chi connectivity index (χ3n) is 2.45. The number of carbonyl (C=O) groups excluding carboxylic acids is 1. The zero-order chi connectivity index (χ0) is 13.4. The van der Waals surface area contributed by atoms with Gasteiger partial charge in [0.2, 0.25) is 5.13 Å². The first kappa shape index (κ1) is 12.3. The summed E-state index contributed by atoms with van der Waals surface area (Å²) in [4.78, 5) is 12.0. The molecule has 0 radical (unpaired) electrons. The van der Waals surface area contributed by atoms with E-state index in [2.05, 4.69) is 31.4 Å². The van der Waals surface area contributed by atoms with Gasteiger partial charge in [0.15, 0.2) is 5.76 Å². The SMILES string of the molecule is Cc1nnc(NC(=O)c2cc3cc(Br)ccc3o2)s1. The molecule has 0 fully saturated rings. The predicted octanol–water partition coefficient (Wildman–Crippen LogP) is 3.61. The molecule has 0 saturated heterocycles. The number of furan rings is 1. The summed E-state index contributed by atoms with van der Waals surface area (Å²) in [5.41, 5.74) is 0.668. The zero-order valence-corrected chi connectivity index (χ0v) is 12.2. The van der Waals surface area contributed by atoms with Crippen molar-refractivity contribution in [3.63, 3.8) is 0 Å². The van der Waals surface area contributed by atoms with Gasteiger partial charge in [0, 0.05) is 9.86 Å². The van der Waals surface area contributed by atoms with Crippen LogP contribution in [0.1, 0.15) is 15.6 Å². The van der Waals surface area contributed by atoms with Crippen LogP contribution in [0.3, 0.4) is 0 Å². The van der Waals surface area contributed by atoms with E-state index in [9.17, 15) is 4.79 Å². The fraction of sp³-hybridized carbons (Fsp3) is 0.0833. The number of anilines is 1. The lowest BCUT2D eigenvalue weighted by Gasteiger charge is -1.95. The van der Waals surface area contributed by atoms with Crippen LogP contribution in [-0.4, -0.2) is 16.1 Å². The summed E-state index contributed by atoms with van der Waals surface area (Å²) in [6, 6.07) is 7.26. The van der Waals surface area contributed by atoms with Crippen LogP contribution in [0.2, 0.25) is 0 Å². The van der Waals surface area contributed by atoms with Crippen molar-refractivity contribution in [3.8, 4) is 0 Å². The second-order valence-corrected chi connectivity index (χ2v) is 5.97. The average Bonchev–Trinajstić information content (AvgIpc) is 2.95. The van der Waals surface area contributed by atoms with Crippen molar-refractivity contribution in [1.29, 1.82) is 0 Å². The summed E-state index contributed by atoms with van der Waals surface area (Å²) < 4.78 is 6.42. The van der Waals surface area contributed by atoms with Crippen LogP contribution in [0.4, 0.5) is 5.13 Å². The number of aryl methyl sites for hydroxylation is 1. The molecular formula is C12H8BrN3O2S. The number of rotatable bonds is 2. The molecule has 0 aliphatic heterocycles. The number of amides is 1. The molecule has 2 heterocycles. The summed E-state index contributed by atoms with van der Waals surface area (Å²) >= 11 is 4.69. The Labute approximate surface area is 120 Å². The number of benzene rings is 1. The Hall–Kier alpha value is -1.73. The van der Waals surface area contributed by atoms with Crippen LogP contribution < -0.4 is 5.32 Å². The Morgan fingerprint density at radius 1 is 1.37 bits per heavy atom. The molecule has 0 aliphatic carbocycles. The fourth-order valence-electron chi connectivity index (χ4n) is 1.63. The minimum atomic E-state index is -0.330. The number of aromatic nitrogens is 2. The molecule has 0 saturated carbocycles. The molecule has 1 aromatic carbocycles. The molecule has 5 nitrogen and oxygen atoms in total. The Bertz CT molecular complexity index is 765. The lowest BCUT2D eigenvalue weighted by molar-refractivity contribution is 0.0998. The molecular weight excluding hydrogens is 330 g/mol. The molecule has 0 atom stereocenters. The summed E-state index contributed by atoms with van der Waals surface area (Å²) in [7, 11) is 0. The molecule has 0 bridgehead atoms. The van der Waals surface area contributed by atoms with Gasteiger partial charge in [-0.25, -0.2) is 0 Å². The molecule has 1 N–H and O–H groups in total. The maximum Gasteiger partial charge on any atom is 0.293 e. The number of fused-ring (bicyclic) bond motifs is 1. The van der Waals surface area contributed by atoms with Crippen molar-refractivity contribution >= 4 is 49.3 Å². The topological polar surface area (TPSA) is 68.0 Å². The third-order valence-corrected chi connectivity index (χ3v) is 3.70. The van der Waals surface area contributed by atoms with Crippen LogP contribution >= 0.6 is 27.3 Å². The van der Waals surface area contributed by atoms with E-state index >= 15 is 0 Å². The quantitative estimate of drug-likeness (QED) is 0.775. The molecule has 0 unspecified atom stereocenters. The molecule has 0 spiro atoms. The van der Waals surface area contributed by atoms with Gasteiger partial charge in [0.05, 0.1) is 0 Å². The highest BCUT2D eigenvalue weighted by molar-refractivity contribution is 9.10. The number of nitrogens with zero attached hydrogens (tertiary/aromatic N) is 2.